The second-order valence-corrected chi connectivity index (χ2v) is 6.74. The summed E-state index contributed by atoms with van der Waals surface area (Å²) in [5, 5.41) is 2.31. The molecule has 1 fully saturated rings. The van der Waals surface area contributed by atoms with E-state index in [2.05, 4.69) is 15.3 Å². The van der Waals surface area contributed by atoms with Crippen LogP contribution in [0.15, 0.2) is 43.0 Å². The first kappa shape index (κ1) is 15.7. The Labute approximate surface area is 153 Å². The minimum absolute atomic E-state index is 0.177. The number of benzene rings is 1. The van der Waals surface area contributed by atoms with Gasteiger partial charge in [0.15, 0.2) is 5.65 Å². The lowest BCUT2D eigenvalue weighted by Gasteiger charge is -2.29. The van der Waals surface area contributed by atoms with Gasteiger partial charge in [-0.3, -0.25) is 24.7 Å². The van der Waals surface area contributed by atoms with Crippen LogP contribution in [0.1, 0.15) is 28.8 Å². The first-order valence-corrected chi connectivity index (χ1v) is 8.67. The monoisotopic (exact) mass is 361 g/mol. The highest BCUT2D eigenvalue weighted by atomic mass is 16.2. The molecule has 0 aliphatic carbocycles. The van der Waals surface area contributed by atoms with Crippen LogP contribution in [0.2, 0.25) is 0 Å². The van der Waals surface area contributed by atoms with Crippen LogP contribution in [0.4, 0.5) is 0 Å². The molecule has 5 rings (SSSR count). The van der Waals surface area contributed by atoms with Crippen LogP contribution in [0.5, 0.6) is 0 Å². The highest BCUT2D eigenvalue weighted by Crippen LogP contribution is 2.30. The van der Waals surface area contributed by atoms with E-state index >= 15 is 0 Å². The Morgan fingerprint density at radius 1 is 1.15 bits per heavy atom. The minimum Gasteiger partial charge on any atom is -0.322 e. The summed E-state index contributed by atoms with van der Waals surface area (Å²) in [6.45, 7) is 0.349. The molecule has 2 aromatic heterocycles. The maximum absolute atomic E-state index is 12.7. The Kier molecular flexibility index (Phi) is 3.33. The zero-order chi connectivity index (χ0) is 18.5. The summed E-state index contributed by atoms with van der Waals surface area (Å²) in [6, 6.07) is 4.96. The van der Waals surface area contributed by atoms with Gasteiger partial charge in [-0.05, 0) is 24.1 Å². The van der Waals surface area contributed by atoms with Gasteiger partial charge in [0.25, 0.3) is 5.91 Å². The molecule has 134 valence electrons. The molecular formula is C19H15N5O3. The van der Waals surface area contributed by atoms with Gasteiger partial charge >= 0.3 is 0 Å². The Balaban J connectivity index is 1.46. The predicted molar refractivity (Wildman–Crippen MR) is 94.5 cm³/mol. The molecule has 8 heteroatoms. The van der Waals surface area contributed by atoms with Gasteiger partial charge in [-0.15, -0.1) is 0 Å². The van der Waals surface area contributed by atoms with Crippen LogP contribution in [-0.4, -0.2) is 43.0 Å². The van der Waals surface area contributed by atoms with Crippen molar-refractivity contribution in [3.05, 3.63) is 54.1 Å². The van der Waals surface area contributed by atoms with Crippen molar-refractivity contribution in [3.8, 4) is 11.3 Å². The lowest BCUT2D eigenvalue weighted by atomic mass is 10.0. The average molecular weight is 361 g/mol. The molecular weight excluding hydrogens is 346 g/mol. The number of nitrogens with zero attached hydrogens (tertiary/aromatic N) is 4. The number of hydrogen-bond acceptors (Lipinski definition) is 5. The summed E-state index contributed by atoms with van der Waals surface area (Å²) < 4.78 is 1.89. The molecule has 0 bridgehead atoms. The fraction of sp³-hybridized carbons (Fsp3) is 0.211. The molecule has 8 nitrogen and oxygen atoms in total. The van der Waals surface area contributed by atoms with Crippen LogP contribution in [0, 0.1) is 0 Å². The van der Waals surface area contributed by atoms with Gasteiger partial charge in [-0.2, -0.15) is 0 Å². The number of aromatic nitrogens is 3. The van der Waals surface area contributed by atoms with E-state index in [1.165, 1.54) is 0 Å². The molecule has 0 saturated carbocycles. The highest BCUT2D eigenvalue weighted by molar-refractivity contribution is 6.05. The average Bonchev–Trinajstić information content (AvgIpc) is 3.25. The van der Waals surface area contributed by atoms with Crippen LogP contribution in [0.25, 0.3) is 16.9 Å². The number of amides is 3. The third-order valence-electron chi connectivity index (χ3n) is 5.10. The highest BCUT2D eigenvalue weighted by Gasteiger charge is 2.39. The van der Waals surface area contributed by atoms with E-state index in [0.717, 1.165) is 22.5 Å². The van der Waals surface area contributed by atoms with E-state index in [1.54, 1.807) is 23.4 Å². The van der Waals surface area contributed by atoms with Gasteiger partial charge in [0, 0.05) is 42.7 Å². The topological polar surface area (TPSA) is 96.7 Å². The molecule has 1 atom stereocenters. The Morgan fingerprint density at radius 3 is 2.89 bits per heavy atom. The van der Waals surface area contributed by atoms with Crippen LogP contribution < -0.4 is 5.32 Å². The molecule has 2 aliphatic heterocycles. The molecule has 0 spiro atoms. The van der Waals surface area contributed by atoms with Crippen molar-refractivity contribution in [1.82, 2.24) is 24.6 Å². The van der Waals surface area contributed by atoms with Gasteiger partial charge < -0.3 is 9.30 Å². The van der Waals surface area contributed by atoms with Gasteiger partial charge in [-0.1, -0.05) is 6.07 Å². The van der Waals surface area contributed by atoms with E-state index in [0.29, 0.717) is 18.5 Å². The number of fused-ring (bicyclic) bond motifs is 2. The minimum atomic E-state index is -0.605. The first-order valence-electron chi connectivity index (χ1n) is 8.67. The summed E-state index contributed by atoms with van der Waals surface area (Å²) in [4.78, 5) is 46.4. The van der Waals surface area contributed by atoms with Gasteiger partial charge in [-0.25, -0.2) is 4.98 Å². The number of carbonyl (C=O) groups is 3. The maximum Gasteiger partial charge on any atom is 0.255 e. The molecule has 27 heavy (non-hydrogen) atoms. The van der Waals surface area contributed by atoms with Gasteiger partial charge in [0.2, 0.25) is 11.8 Å². The van der Waals surface area contributed by atoms with Crippen LogP contribution >= 0.6 is 0 Å². The summed E-state index contributed by atoms with van der Waals surface area (Å²) in [5.41, 5.74) is 3.87. The fourth-order valence-electron chi connectivity index (χ4n) is 3.71. The summed E-state index contributed by atoms with van der Waals surface area (Å²) in [7, 11) is 0. The predicted octanol–water partition coefficient (Wildman–Crippen LogP) is 1.16. The molecule has 0 radical (unpaired) electrons. The Hall–Kier alpha value is -3.55. The van der Waals surface area contributed by atoms with E-state index in [1.807, 2.05) is 28.9 Å². The first-order chi connectivity index (χ1) is 13.1. The number of hydrogen-bond donors (Lipinski definition) is 1. The quantitative estimate of drug-likeness (QED) is 0.691. The smallest absolute Gasteiger partial charge is 0.255 e. The number of rotatable bonds is 2. The van der Waals surface area contributed by atoms with Crippen molar-refractivity contribution < 1.29 is 14.4 Å². The SMILES string of the molecule is O=C1CCC(N2Cc3cc(-c4cn5ccnc5cn4)ccc3C2=O)C(=O)N1. The zero-order valence-electron chi connectivity index (χ0n) is 14.3. The zero-order valence-corrected chi connectivity index (χ0v) is 14.3. The van der Waals surface area contributed by atoms with Crippen molar-refractivity contribution in [2.24, 2.45) is 0 Å². The lowest BCUT2D eigenvalue weighted by molar-refractivity contribution is -0.136. The third kappa shape index (κ3) is 2.49. The Morgan fingerprint density at radius 2 is 2.04 bits per heavy atom. The van der Waals surface area contributed by atoms with Crippen molar-refractivity contribution >= 4 is 23.4 Å². The number of carbonyl (C=O) groups excluding carboxylic acids is 3. The molecule has 1 aromatic carbocycles. The van der Waals surface area contributed by atoms with Crippen molar-refractivity contribution in [3.63, 3.8) is 0 Å². The number of nitrogens with one attached hydrogen (secondary N) is 1. The van der Waals surface area contributed by atoms with Crippen LogP contribution in [-0.2, 0) is 16.1 Å². The Bertz CT molecular complexity index is 1120. The van der Waals surface area contributed by atoms with E-state index in [-0.39, 0.29) is 18.2 Å². The molecule has 1 N–H and O–H groups in total. The molecule has 4 heterocycles. The summed E-state index contributed by atoms with van der Waals surface area (Å²) in [6.07, 6.45) is 7.75. The summed E-state index contributed by atoms with van der Waals surface area (Å²) >= 11 is 0. The van der Waals surface area contributed by atoms with Gasteiger partial charge in [0.05, 0.1) is 11.9 Å². The standard InChI is InChI=1S/C19H15N5O3/c25-17-4-3-15(18(26)22-17)24-9-12-7-11(1-2-13(12)19(24)27)14-10-23-6-5-20-16(23)8-21-14/h1-2,5-8,10,15H,3-4,9H2,(H,22,25,26). The lowest BCUT2D eigenvalue weighted by Crippen LogP contribution is -2.52. The van der Waals surface area contributed by atoms with Gasteiger partial charge in [0.1, 0.15) is 6.04 Å². The summed E-state index contributed by atoms with van der Waals surface area (Å²) in [5.74, 6) is -0.868. The third-order valence-corrected chi connectivity index (χ3v) is 5.10. The molecule has 3 aromatic rings. The van der Waals surface area contributed by atoms with Crippen molar-refractivity contribution in [1.29, 1.82) is 0 Å². The molecule has 2 aliphatic rings. The van der Waals surface area contributed by atoms with E-state index < -0.39 is 11.9 Å². The largest absolute Gasteiger partial charge is 0.322 e. The van der Waals surface area contributed by atoms with E-state index in [4.69, 9.17) is 0 Å². The second-order valence-electron chi connectivity index (χ2n) is 6.74. The number of piperidine rings is 1. The van der Waals surface area contributed by atoms with E-state index in [9.17, 15) is 14.4 Å². The van der Waals surface area contributed by atoms with Crippen molar-refractivity contribution in [2.45, 2.75) is 25.4 Å². The van der Waals surface area contributed by atoms with Crippen molar-refractivity contribution in [2.75, 3.05) is 0 Å². The number of imide groups is 1. The van der Waals surface area contributed by atoms with Crippen LogP contribution in [0.3, 0.4) is 0 Å². The molecule has 3 amide bonds. The molecule has 1 unspecified atom stereocenters. The second kappa shape index (κ2) is 5.73. The number of imidazole rings is 1. The normalized spacial score (nSPS) is 19.5. The fourth-order valence-corrected chi connectivity index (χ4v) is 3.71. The maximum atomic E-state index is 12.7. The molecule has 1 saturated heterocycles.